The number of rotatable bonds is 5. The lowest BCUT2D eigenvalue weighted by atomic mass is 10.1. The number of aryl methyl sites for hydroxylation is 2. The second kappa shape index (κ2) is 7.94. The third kappa shape index (κ3) is 4.24. The monoisotopic (exact) mass is 363 g/mol. The van der Waals surface area contributed by atoms with Gasteiger partial charge in [-0.1, -0.05) is 12.5 Å². The summed E-state index contributed by atoms with van der Waals surface area (Å²) in [4.78, 5) is 27.1. The van der Waals surface area contributed by atoms with Crippen molar-refractivity contribution in [3.63, 3.8) is 0 Å². The van der Waals surface area contributed by atoms with Crippen LogP contribution in [-0.2, 0) is 22.4 Å². The van der Waals surface area contributed by atoms with E-state index in [2.05, 4.69) is 5.32 Å². The quantitative estimate of drug-likeness (QED) is 0.642. The highest BCUT2D eigenvalue weighted by Gasteiger charge is 2.19. The molecule has 0 aliphatic heterocycles. The smallest absolute Gasteiger partial charge is 0.348 e. The van der Waals surface area contributed by atoms with Crippen LogP contribution in [0.15, 0.2) is 23.6 Å². The average molecular weight is 364 g/mol. The van der Waals surface area contributed by atoms with E-state index >= 15 is 0 Å². The van der Waals surface area contributed by atoms with Crippen LogP contribution in [0.25, 0.3) is 0 Å². The Bertz CT molecular complexity index is 682. The van der Waals surface area contributed by atoms with Crippen LogP contribution in [0.2, 0.25) is 0 Å². The Hall–Kier alpha value is -1.66. The van der Waals surface area contributed by atoms with Gasteiger partial charge in [0.15, 0.2) is 6.61 Å². The minimum Gasteiger partial charge on any atom is -0.451 e. The number of esters is 1. The maximum atomic E-state index is 12.2. The van der Waals surface area contributed by atoms with Crippen molar-refractivity contribution in [1.82, 2.24) is 5.32 Å². The zero-order chi connectivity index (χ0) is 16.9. The molecule has 0 bridgehead atoms. The van der Waals surface area contributed by atoms with Gasteiger partial charge in [-0.25, -0.2) is 4.79 Å². The van der Waals surface area contributed by atoms with Gasteiger partial charge >= 0.3 is 5.97 Å². The molecule has 2 aromatic heterocycles. The predicted molar refractivity (Wildman–Crippen MR) is 96.7 cm³/mol. The summed E-state index contributed by atoms with van der Waals surface area (Å²) in [6.07, 6.45) is 5.71. The first-order valence-electron chi connectivity index (χ1n) is 8.25. The van der Waals surface area contributed by atoms with Gasteiger partial charge in [-0.3, -0.25) is 4.79 Å². The summed E-state index contributed by atoms with van der Waals surface area (Å²) in [7, 11) is 0. The number of fused-ring (bicyclic) bond motifs is 1. The molecule has 0 saturated heterocycles. The highest BCUT2D eigenvalue weighted by molar-refractivity contribution is 7.14. The Morgan fingerprint density at radius 3 is 2.92 bits per heavy atom. The number of nitrogens with one attached hydrogen (secondary N) is 1. The van der Waals surface area contributed by atoms with E-state index in [1.54, 1.807) is 11.3 Å². The number of carbonyl (C=O) groups excluding carboxylic acids is 2. The molecule has 0 spiro atoms. The van der Waals surface area contributed by atoms with E-state index in [0.717, 1.165) is 17.7 Å². The number of hydrogen-bond acceptors (Lipinski definition) is 5. The van der Waals surface area contributed by atoms with E-state index in [0.29, 0.717) is 4.88 Å². The molecular weight excluding hydrogens is 342 g/mol. The van der Waals surface area contributed by atoms with Crippen molar-refractivity contribution in [3.05, 3.63) is 43.8 Å². The Balaban J connectivity index is 1.51. The van der Waals surface area contributed by atoms with Crippen molar-refractivity contribution in [2.45, 2.75) is 45.1 Å². The van der Waals surface area contributed by atoms with Gasteiger partial charge in [-0.2, -0.15) is 0 Å². The molecule has 3 rings (SSSR count). The molecule has 0 radical (unpaired) electrons. The predicted octanol–water partition coefficient (Wildman–Crippen LogP) is 4.11. The van der Waals surface area contributed by atoms with Gasteiger partial charge in [0.05, 0.1) is 6.04 Å². The lowest BCUT2D eigenvalue weighted by Gasteiger charge is -2.12. The van der Waals surface area contributed by atoms with E-state index in [9.17, 15) is 9.59 Å². The maximum absolute atomic E-state index is 12.2. The highest BCUT2D eigenvalue weighted by Crippen LogP contribution is 2.29. The third-order valence-electron chi connectivity index (χ3n) is 4.13. The van der Waals surface area contributed by atoms with E-state index in [1.807, 2.05) is 30.5 Å². The molecule has 0 saturated carbocycles. The minimum absolute atomic E-state index is 0.0750. The normalized spacial score (nSPS) is 15.2. The van der Waals surface area contributed by atoms with Crippen LogP contribution in [0.5, 0.6) is 0 Å². The van der Waals surface area contributed by atoms with Crippen LogP contribution in [0.1, 0.15) is 57.2 Å². The number of amides is 1. The van der Waals surface area contributed by atoms with Gasteiger partial charge < -0.3 is 10.1 Å². The fourth-order valence-corrected chi connectivity index (χ4v) is 4.74. The van der Waals surface area contributed by atoms with Crippen LogP contribution >= 0.6 is 22.7 Å². The van der Waals surface area contributed by atoms with E-state index in [1.165, 1.54) is 41.0 Å². The largest absolute Gasteiger partial charge is 0.451 e. The lowest BCUT2D eigenvalue weighted by molar-refractivity contribution is -0.124. The second-order valence-corrected chi connectivity index (χ2v) is 8.12. The van der Waals surface area contributed by atoms with Crippen LogP contribution < -0.4 is 5.32 Å². The molecule has 0 aromatic carbocycles. The summed E-state index contributed by atoms with van der Waals surface area (Å²) in [6, 6.07) is 5.79. The topological polar surface area (TPSA) is 55.4 Å². The standard InChI is InChI=1S/C18H21NO3S2/c1-12(14-8-5-9-23-14)19-17(20)11-22-18(21)16-10-13-6-3-2-4-7-15(13)24-16/h5,8-10,12H,2-4,6-7,11H2,1H3,(H,19,20). The summed E-state index contributed by atoms with van der Waals surface area (Å²) < 4.78 is 5.18. The Morgan fingerprint density at radius 1 is 1.29 bits per heavy atom. The van der Waals surface area contributed by atoms with E-state index in [4.69, 9.17) is 4.74 Å². The first-order valence-corrected chi connectivity index (χ1v) is 9.94. The van der Waals surface area contributed by atoms with E-state index in [-0.39, 0.29) is 18.6 Å². The Morgan fingerprint density at radius 2 is 2.12 bits per heavy atom. The van der Waals surface area contributed by atoms with Crippen LogP contribution in [-0.4, -0.2) is 18.5 Å². The fraction of sp³-hybridized carbons (Fsp3) is 0.444. The highest BCUT2D eigenvalue weighted by atomic mass is 32.1. The number of hydrogen-bond donors (Lipinski definition) is 1. The van der Waals surface area contributed by atoms with Crippen molar-refractivity contribution in [2.24, 2.45) is 0 Å². The molecule has 1 aliphatic rings. The summed E-state index contributed by atoms with van der Waals surface area (Å²) in [5.74, 6) is -0.672. The summed E-state index contributed by atoms with van der Waals surface area (Å²) in [5, 5.41) is 4.82. The molecule has 1 amide bonds. The summed E-state index contributed by atoms with van der Waals surface area (Å²) in [5.41, 5.74) is 1.28. The number of carbonyl (C=O) groups is 2. The van der Waals surface area contributed by atoms with E-state index < -0.39 is 5.97 Å². The van der Waals surface area contributed by atoms with Crippen molar-refractivity contribution in [1.29, 1.82) is 0 Å². The molecular formula is C18H21NO3S2. The van der Waals surface area contributed by atoms with Crippen LogP contribution in [0.3, 0.4) is 0 Å². The van der Waals surface area contributed by atoms with Crippen molar-refractivity contribution < 1.29 is 14.3 Å². The van der Waals surface area contributed by atoms with Crippen molar-refractivity contribution in [2.75, 3.05) is 6.61 Å². The minimum atomic E-state index is -0.396. The molecule has 1 unspecified atom stereocenters. The molecule has 1 N–H and O–H groups in total. The molecule has 4 nitrogen and oxygen atoms in total. The molecule has 2 aromatic rings. The molecule has 1 atom stereocenters. The molecule has 128 valence electrons. The second-order valence-electron chi connectivity index (χ2n) is 6.00. The maximum Gasteiger partial charge on any atom is 0.348 e. The Labute approximate surface area is 149 Å². The van der Waals surface area contributed by atoms with Gasteiger partial charge in [-0.05, 0) is 55.7 Å². The fourth-order valence-electron chi connectivity index (χ4n) is 2.86. The first kappa shape index (κ1) is 17.2. The first-order chi connectivity index (χ1) is 11.6. The Kier molecular flexibility index (Phi) is 5.68. The van der Waals surface area contributed by atoms with Gasteiger partial charge in [0, 0.05) is 9.75 Å². The zero-order valence-electron chi connectivity index (χ0n) is 13.7. The van der Waals surface area contributed by atoms with Crippen LogP contribution in [0, 0.1) is 0 Å². The summed E-state index contributed by atoms with van der Waals surface area (Å²) in [6.45, 7) is 1.68. The van der Waals surface area contributed by atoms with Gasteiger partial charge in [-0.15, -0.1) is 22.7 Å². The molecule has 1 aliphatic carbocycles. The van der Waals surface area contributed by atoms with Gasteiger partial charge in [0.25, 0.3) is 5.91 Å². The number of ether oxygens (including phenoxy) is 1. The van der Waals surface area contributed by atoms with Crippen molar-refractivity contribution in [3.8, 4) is 0 Å². The molecule has 6 heteroatoms. The summed E-state index contributed by atoms with van der Waals surface area (Å²) >= 11 is 3.11. The molecule has 0 fully saturated rings. The lowest BCUT2D eigenvalue weighted by Crippen LogP contribution is -2.30. The number of thiophene rings is 2. The average Bonchev–Trinajstić information content (AvgIpc) is 3.19. The molecule has 2 heterocycles. The SMILES string of the molecule is CC(NC(=O)COC(=O)c1cc2c(s1)CCCCC2)c1cccs1. The zero-order valence-corrected chi connectivity index (χ0v) is 15.3. The van der Waals surface area contributed by atoms with Gasteiger partial charge in [0.2, 0.25) is 0 Å². The third-order valence-corrected chi connectivity index (χ3v) is 6.40. The van der Waals surface area contributed by atoms with Crippen molar-refractivity contribution >= 4 is 34.6 Å². The van der Waals surface area contributed by atoms with Gasteiger partial charge in [0.1, 0.15) is 4.88 Å². The molecule has 24 heavy (non-hydrogen) atoms. The van der Waals surface area contributed by atoms with Crippen LogP contribution in [0.4, 0.5) is 0 Å².